The van der Waals surface area contributed by atoms with Crippen LogP contribution in [0.3, 0.4) is 0 Å². The standard InChI is InChI=1S/C33H38ClF2NO7.C28H30ClF2NO5.C4H10O/c1-18(2)16-42-29(41)43-17-28(40)33-19(15-37(44-33)21-7-5-20(34)6-8-21)11-23-24-13-26(35)25-12-22(38)9-10-30(25,3)32(24,36)27(39)14-31(23,33)4;1-25-8-7-18(34)10-21(25)22(30)11-20-19-9-15-13-32(17-5-3-16(29)4-6-17)37-28(15,24(36)14-33)26(19,2)12-23(35)27(20,25)31;1-4(2)3-5/h5-10,12,18-19,23-24,26-27,39H,11,13-17H2,1-4H3;3-8,10,15,19-20,22-23,33,35H,9,11-14H2,1-2H3;4-5H,3H2,1-2H3/t19-,23-,24-,26-,27-,30-,31-,32-,33-;15-,19-,20-,22-,23-,25-,26-,27-,28-;/m00./s1. The van der Waals surface area contributed by atoms with E-state index in [1.165, 1.54) is 24.3 Å². The molecule has 4 N–H and O–H groups in total. The molecule has 21 heteroatoms. The van der Waals surface area contributed by atoms with Crippen molar-refractivity contribution >= 4 is 63.9 Å². The highest BCUT2D eigenvalue weighted by atomic mass is 35.5. The Morgan fingerprint density at radius 1 is 0.628 bits per heavy atom. The van der Waals surface area contributed by atoms with Crippen LogP contribution in [0.1, 0.15) is 93.9 Å². The van der Waals surface area contributed by atoms with Crippen LogP contribution in [0, 0.1) is 69.0 Å². The molecule has 2 saturated heterocycles. The van der Waals surface area contributed by atoms with Crippen molar-refractivity contribution < 1.29 is 81.1 Å². The quantitative estimate of drug-likeness (QED) is 0.129. The van der Waals surface area contributed by atoms with Crippen molar-refractivity contribution in [1.29, 1.82) is 0 Å². The molecular formula is C65H78Cl2F4N2O13. The molecule has 8 fully saturated rings. The lowest BCUT2D eigenvalue weighted by Gasteiger charge is -2.63. The Labute approximate surface area is 508 Å². The maximum absolute atomic E-state index is 17.7. The number of hydrogen-bond acceptors (Lipinski definition) is 15. The van der Waals surface area contributed by atoms with Gasteiger partial charge in [0.25, 0.3) is 0 Å². The molecule has 0 aromatic heterocycles. The van der Waals surface area contributed by atoms with Crippen LogP contribution in [0.25, 0.3) is 0 Å². The Morgan fingerprint density at radius 3 is 1.40 bits per heavy atom. The van der Waals surface area contributed by atoms with Crippen LogP contribution in [0.2, 0.25) is 10.0 Å². The van der Waals surface area contributed by atoms with E-state index in [0.29, 0.717) is 53.3 Å². The summed E-state index contributed by atoms with van der Waals surface area (Å²) in [5, 5.41) is 45.7. The number of halogens is 6. The van der Waals surface area contributed by atoms with E-state index in [4.69, 9.17) is 47.5 Å². The van der Waals surface area contributed by atoms with Crippen molar-refractivity contribution in [2.45, 2.75) is 141 Å². The summed E-state index contributed by atoms with van der Waals surface area (Å²) in [6.07, 6.45) is 0.252. The van der Waals surface area contributed by atoms with E-state index in [1.807, 2.05) is 27.7 Å². The molecule has 2 aromatic rings. The number of rotatable bonds is 10. The van der Waals surface area contributed by atoms with Crippen LogP contribution in [-0.2, 0) is 38.3 Å². The average Bonchev–Trinajstić information content (AvgIpc) is 1.44. The van der Waals surface area contributed by atoms with E-state index < -0.39 is 147 Å². The first-order chi connectivity index (χ1) is 40.4. The van der Waals surface area contributed by atoms with Crippen molar-refractivity contribution in [2.24, 2.45) is 69.0 Å². The number of anilines is 2. The molecule has 12 rings (SSSR count). The molecule has 468 valence electrons. The summed E-state index contributed by atoms with van der Waals surface area (Å²) >= 11 is 12.1. The molecule has 0 radical (unpaired) electrons. The minimum atomic E-state index is -2.29. The minimum Gasteiger partial charge on any atom is -0.434 e. The number of ketones is 4. The fraction of sp³-hybridized carbons (Fsp3) is 0.615. The highest BCUT2D eigenvalue weighted by molar-refractivity contribution is 6.31. The van der Waals surface area contributed by atoms with Crippen molar-refractivity contribution in [3.63, 3.8) is 0 Å². The Morgan fingerprint density at radius 2 is 1.02 bits per heavy atom. The number of fused-ring (bicyclic) bond motifs is 14. The third kappa shape index (κ3) is 9.50. The average molecular weight is 1240 g/mol. The maximum Gasteiger partial charge on any atom is 0.508 e. The molecule has 2 aliphatic heterocycles. The number of Topliss-reactive ketones (excluding diaryl/α,β-unsaturated/α-hetero) is 2. The van der Waals surface area contributed by atoms with Crippen LogP contribution in [0.15, 0.2) is 96.1 Å². The third-order valence-electron chi connectivity index (χ3n) is 21.7. The molecule has 2 heterocycles. The SMILES string of the molecule is CC(C)CO.CC(C)COC(=O)OCC(=O)[C@@]12ON(c3ccc(Cl)cc3)C[C@@H]1C[C@H]1[C@@H]3C[C@H](F)C4=CC(=O)C=C[C@]4(C)[C@@]3(F)[C@@H](O)C[C@@]12C.C[C@]12C=CC(=O)C=C1[C@@H](F)C[C@H]1[C@@H]3C[C@H]4CN(c5ccc(Cl)cc5)O[C@@]4(C(=O)CO)[C@@]3(C)C[C@H](O)[C@@]12F. The molecule has 0 amide bonds. The van der Waals surface area contributed by atoms with Gasteiger partial charge >= 0.3 is 6.16 Å². The van der Waals surface area contributed by atoms with E-state index in [2.05, 4.69) is 0 Å². The molecule has 18 atom stereocenters. The lowest BCUT2D eigenvalue weighted by molar-refractivity contribution is -0.228. The normalized spacial score (nSPS) is 41.2. The predicted molar refractivity (Wildman–Crippen MR) is 311 cm³/mol. The number of benzene rings is 2. The fourth-order valence-corrected chi connectivity index (χ4v) is 17.9. The van der Waals surface area contributed by atoms with Gasteiger partial charge in [0.1, 0.15) is 19.0 Å². The lowest BCUT2D eigenvalue weighted by Crippen LogP contribution is -2.70. The van der Waals surface area contributed by atoms with E-state index in [-0.39, 0.29) is 55.9 Å². The number of hydroxylamine groups is 2. The predicted octanol–water partition coefficient (Wildman–Crippen LogP) is 10.3. The van der Waals surface area contributed by atoms with Gasteiger partial charge in [-0.3, -0.25) is 39.0 Å². The maximum atomic E-state index is 17.7. The Kier molecular flexibility index (Phi) is 17.0. The molecule has 86 heavy (non-hydrogen) atoms. The van der Waals surface area contributed by atoms with E-state index in [1.54, 1.807) is 86.4 Å². The van der Waals surface area contributed by atoms with Gasteiger partial charge in [0.05, 0.1) is 43.3 Å². The number of carbonyl (C=O) groups is 5. The van der Waals surface area contributed by atoms with Crippen molar-refractivity contribution in [2.75, 3.05) is 49.6 Å². The highest BCUT2D eigenvalue weighted by Crippen LogP contribution is 2.75. The van der Waals surface area contributed by atoms with Crippen molar-refractivity contribution in [3.8, 4) is 0 Å². The van der Waals surface area contributed by atoms with Gasteiger partial charge in [-0.15, -0.1) is 0 Å². The third-order valence-corrected chi connectivity index (χ3v) is 22.2. The van der Waals surface area contributed by atoms with E-state index in [9.17, 15) is 39.3 Å². The van der Waals surface area contributed by atoms with Crippen molar-refractivity contribution in [1.82, 2.24) is 0 Å². The zero-order valence-electron chi connectivity index (χ0n) is 49.6. The van der Waals surface area contributed by atoms with Gasteiger partial charge < -0.3 is 29.9 Å². The van der Waals surface area contributed by atoms with Gasteiger partial charge in [0, 0.05) is 62.0 Å². The van der Waals surface area contributed by atoms with Gasteiger partial charge in [-0.2, -0.15) is 0 Å². The summed E-state index contributed by atoms with van der Waals surface area (Å²) < 4.78 is 76.9. The Balaban J connectivity index is 0.000000179. The molecule has 10 aliphatic rings. The van der Waals surface area contributed by atoms with Crippen LogP contribution < -0.4 is 10.1 Å². The van der Waals surface area contributed by atoms with Gasteiger partial charge in [-0.1, -0.05) is 76.9 Å². The zero-order valence-corrected chi connectivity index (χ0v) is 51.1. The summed E-state index contributed by atoms with van der Waals surface area (Å²) in [6, 6.07) is 13.8. The van der Waals surface area contributed by atoms with Crippen LogP contribution >= 0.6 is 23.2 Å². The van der Waals surface area contributed by atoms with Crippen LogP contribution in [0.5, 0.6) is 0 Å². The van der Waals surface area contributed by atoms with E-state index in [0.717, 1.165) is 12.2 Å². The number of aliphatic hydroxyl groups excluding tert-OH is 4. The van der Waals surface area contributed by atoms with Crippen LogP contribution in [-0.4, -0.2) is 136 Å². The monoisotopic (exact) mass is 1240 g/mol. The second kappa shape index (κ2) is 22.8. The largest absolute Gasteiger partial charge is 0.508 e. The number of carbonyl (C=O) groups excluding carboxylic acids is 5. The number of ether oxygens (including phenoxy) is 2. The number of alkyl halides is 4. The fourth-order valence-electron chi connectivity index (χ4n) is 17.6. The zero-order chi connectivity index (χ0) is 62.6. The first kappa shape index (κ1) is 64.0. The summed E-state index contributed by atoms with van der Waals surface area (Å²) in [6.45, 7) is 14.0. The number of hydrogen-bond donors (Lipinski definition) is 4. The first-order valence-corrected chi connectivity index (χ1v) is 30.6. The Bertz CT molecular complexity index is 3150. The summed E-state index contributed by atoms with van der Waals surface area (Å²) in [5.74, 6) is -5.22. The van der Waals surface area contributed by atoms with Gasteiger partial charge in [-0.05, 0) is 160 Å². The molecule has 0 spiro atoms. The van der Waals surface area contributed by atoms with Crippen LogP contribution in [0.4, 0.5) is 33.7 Å². The molecule has 8 aliphatic carbocycles. The first-order valence-electron chi connectivity index (χ1n) is 29.8. The number of aliphatic hydroxyl groups is 4. The van der Waals surface area contributed by atoms with Crippen molar-refractivity contribution in [3.05, 3.63) is 106 Å². The molecule has 0 unspecified atom stereocenters. The van der Waals surface area contributed by atoms with E-state index >= 15 is 17.6 Å². The topological polar surface area (TPSA) is 210 Å². The summed E-state index contributed by atoms with van der Waals surface area (Å²) in [5.41, 5.74) is -11.5. The minimum absolute atomic E-state index is 0.0360. The second-order valence-electron chi connectivity index (χ2n) is 27.1. The molecular weight excluding hydrogens is 1160 g/mol. The van der Waals surface area contributed by atoms with Gasteiger partial charge in [-0.25, -0.2) is 22.4 Å². The molecule has 2 aromatic carbocycles. The highest BCUT2D eigenvalue weighted by Gasteiger charge is 2.82. The second-order valence-corrected chi connectivity index (χ2v) is 28.0. The lowest BCUT2D eigenvalue weighted by atomic mass is 9.44. The summed E-state index contributed by atoms with van der Waals surface area (Å²) in [7, 11) is 0. The number of nitrogens with zero attached hydrogens (tertiary/aromatic N) is 2. The molecule has 6 saturated carbocycles. The van der Waals surface area contributed by atoms with Gasteiger partial charge in [0.2, 0.25) is 5.78 Å². The Hall–Kier alpha value is -4.99. The molecule has 0 bridgehead atoms. The smallest absolute Gasteiger partial charge is 0.434 e. The summed E-state index contributed by atoms with van der Waals surface area (Å²) in [4.78, 5) is 77.4. The molecule has 15 nitrogen and oxygen atoms in total. The van der Waals surface area contributed by atoms with Gasteiger partial charge in [0.15, 0.2) is 46.5 Å². The number of allylic oxidation sites excluding steroid dienone is 8.